The van der Waals surface area contributed by atoms with Crippen molar-refractivity contribution in [3.63, 3.8) is 0 Å². The zero-order valence-corrected chi connectivity index (χ0v) is 23.0. The molecule has 1 atom stereocenters. The third-order valence-corrected chi connectivity index (χ3v) is 7.64. The second-order valence-electron chi connectivity index (χ2n) is 10.4. The summed E-state index contributed by atoms with van der Waals surface area (Å²) in [5, 5.41) is 2.87. The van der Waals surface area contributed by atoms with Gasteiger partial charge in [-0.1, -0.05) is 25.5 Å². The number of rotatable bonds is 8. The SMILES string of the molecule is CCC1CCCCN1Cc1ccc(C(=O)Nc2ccc(OC(=O)N3CCN(Cc4cnccn4)CC3)nc2)cc1. The maximum Gasteiger partial charge on any atom is 0.416 e. The number of nitrogens with one attached hydrogen (secondary N) is 1. The third-order valence-electron chi connectivity index (χ3n) is 7.64. The van der Waals surface area contributed by atoms with Gasteiger partial charge in [0.05, 0.1) is 17.6 Å². The number of likely N-dealkylation sites (tertiary alicyclic amines) is 1. The number of hydrogen-bond donors (Lipinski definition) is 1. The van der Waals surface area contributed by atoms with E-state index in [4.69, 9.17) is 4.74 Å². The summed E-state index contributed by atoms with van der Waals surface area (Å²) in [5.74, 6) is -0.0145. The number of carbonyl (C=O) groups excluding carboxylic acids is 2. The molecule has 5 rings (SSSR count). The highest BCUT2D eigenvalue weighted by atomic mass is 16.6. The first-order chi connectivity index (χ1) is 19.6. The van der Waals surface area contributed by atoms with Crippen LogP contribution in [0.2, 0.25) is 0 Å². The number of piperidine rings is 1. The highest BCUT2D eigenvalue weighted by Gasteiger charge is 2.24. The number of aromatic nitrogens is 3. The lowest BCUT2D eigenvalue weighted by Crippen LogP contribution is -2.49. The van der Waals surface area contributed by atoms with Gasteiger partial charge in [-0.2, -0.15) is 0 Å². The molecular formula is C30H37N7O3. The van der Waals surface area contributed by atoms with Crippen LogP contribution in [0.4, 0.5) is 10.5 Å². The van der Waals surface area contributed by atoms with Gasteiger partial charge in [0.25, 0.3) is 5.91 Å². The molecule has 0 aliphatic carbocycles. The average Bonchev–Trinajstić information content (AvgIpc) is 2.99. The maximum absolute atomic E-state index is 12.8. The highest BCUT2D eigenvalue weighted by Crippen LogP contribution is 2.22. The van der Waals surface area contributed by atoms with E-state index in [0.717, 1.165) is 31.9 Å². The van der Waals surface area contributed by atoms with Crippen LogP contribution in [-0.2, 0) is 13.1 Å². The lowest BCUT2D eigenvalue weighted by molar-refractivity contribution is 0.102. The largest absolute Gasteiger partial charge is 0.416 e. The molecule has 10 nitrogen and oxygen atoms in total. The summed E-state index contributed by atoms with van der Waals surface area (Å²) in [6, 6.07) is 11.7. The van der Waals surface area contributed by atoms with E-state index >= 15 is 0 Å². The number of carbonyl (C=O) groups is 2. The molecule has 2 aromatic heterocycles. The van der Waals surface area contributed by atoms with Crippen LogP contribution < -0.4 is 10.1 Å². The number of nitrogens with zero attached hydrogens (tertiary/aromatic N) is 6. The molecule has 10 heteroatoms. The minimum Gasteiger partial charge on any atom is -0.391 e. The van der Waals surface area contributed by atoms with Gasteiger partial charge in [0.1, 0.15) is 0 Å². The van der Waals surface area contributed by atoms with E-state index < -0.39 is 6.09 Å². The normalized spacial score (nSPS) is 18.3. The first-order valence-corrected chi connectivity index (χ1v) is 14.1. The van der Waals surface area contributed by atoms with Crippen LogP contribution in [0.5, 0.6) is 5.88 Å². The van der Waals surface area contributed by atoms with Crippen molar-refractivity contribution in [2.45, 2.75) is 51.7 Å². The van der Waals surface area contributed by atoms with Gasteiger partial charge in [-0.25, -0.2) is 9.78 Å². The van der Waals surface area contributed by atoms with E-state index in [1.807, 2.05) is 24.3 Å². The van der Waals surface area contributed by atoms with E-state index in [1.165, 1.54) is 37.4 Å². The van der Waals surface area contributed by atoms with Crippen molar-refractivity contribution in [3.8, 4) is 5.88 Å². The first kappa shape index (κ1) is 27.7. The first-order valence-electron chi connectivity index (χ1n) is 14.1. The van der Waals surface area contributed by atoms with Crippen LogP contribution >= 0.6 is 0 Å². The van der Waals surface area contributed by atoms with E-state index in [2.05, 4.69) is 37.0 Å². The van der Waals surface area contributed by atoms with E-state index in [0.29, 0.717) is 36.9 Å². The minimum absolute atomic E-state index is 0.192. The molecule has 2 saturated heterocycles. The average molecular weight is 544 g/mol. The van der Waals surface area contributed by atoms with Crippen molar-refractivity contribution in [3.05, 3.63) is 78.0 Å². The number of pyridine rings is 1. The summed E-state index contributed by atoms with van der Waals surface area (Å²) in [6.07, 6.45) is 11.2. The Hall–Kier alpha value is -3.89. The molecular weight excluding hydrogens is 506 g/mol. The lowest BCUT2D eigenvalue weighted by Gasteiger charge is -2.35. The van der Waals surface area contributed by atoms with Crippen LogP contribution in [0.15, 0.2) is 61.2 Å². The second kappa shape index (κ2) is 13.5. The van der Waals surface area contributed by atoms with Gasteiger partial charge >= 0.3 is 6.09 Å². The highest BCUT2D eigenvalue weighted by molar-refractivity contribution is 6.04. The lowest BCUT2D eigenvalue weighted by atomic mass is 9.99. The van der Waals surface area contributed by atoms with Gasteiger partial charge in [0, 0.05) is 75.5 Å². The van der Waals surface area contributed by atoms with Crippen molar-refractivity contribution in [2.24, 2.45) is 0 Å². The van der Waals surface area contributed by atoms with Crippen molar-refractivity contribution in [2.75, 3.05) is 38.0 Å². The van der Waals surface area contributed by atoms with Crippen molar-refractivity contribution in [1.82, 2.24) is 29.7 Å². The number of amides is 2. The van der Waals surface area contributed by atoms with E-state index in [1.54, 1.807) is 35.6 Å². The van der Waals surface area contributed by atoms with Crippen molar-refractivity contribution >= 4 is 17.7 Å². The summed E-state index contributed by atoms with van der Waals surface area (Å²) in [6.45, 7) is 7.59. The van der Waals surface area contributed by atoms with E-state index in [-0.39, 0.29) is 11.8 Å². The fourth-order valence-electron chi connectivity index (χ4n) is 5.33. The summed E-state index contributed by atoms with van der Waals surface area (Å²) >= 11 is 0. The predicted molar refractivity (Wildman–Crippen MR) is 152 cm³/mol. The van der Waals surface area contributed by atoms with Gasteiger partial charge < -0.3 is 15.0 Å². The maximum atomic E-state index is 12.8. The Morgan fingerprint density at radius 3 is 2.45 bits per heavy atom. The molecule has 210 valence electrons. The van der Waals surface area contributed by atoms with Crippen LogP contribution in [-0.4, -0.2) is 80.4 Å². The molecule has 2 amide bonds. The summed E-state index contributed by atoms with van der Waals surface area (Å²) < 4.78 is 5.46. The molecule has 4 heterocycles. The Balaban J connectivity index is 1.07. The zero-order valence-electron chi connectivity index (χ0n) is 23.0. The topological polar surface area (TPSA) is 104 Å². The quantitative estimate of drug-likeness (QED) is 0.451. The Kier molecular flexibility index (Phi) is 9.30. The van der Waals surface area contributed by atoms with Gasteiger partial charge in [-0.15, -0.1) is 0 Å². The fourth-order valence-corrected chi connectivity index (χ4v) is 5.33. The van der Waals surface area contributed by atoms with E-state index in [9.17, 15) is 9.59 Å². The number of hydrogen-bond acceptors (Lipinski definition) is 8. The Labute approximate surface area is 235 Å². The smallest absolute Gasteiger partial charge is 0.391 e. The summed E-state index contributed by atoms with van der Waals surface area (Å²) in [7, 11) is 0. The van der Waals surface area contributed by atoms with Crippen molar-refractivity contribution < 1.29 is 14.3 Å². The third kappa shape index (κ3) is 7.40. The fraction of sp³-hybridized carbons (Fsp3) is 0.433. The molecule has 0 radical (unpaired) electrons. The molecule has 0 saturated carbocycles. The zero-order chi connectivity index (χ0) is 27.7. The molecule has 3 aromatic rings. The number of piperazine rings is 1. The van der Waals surface area contributed by atoms with Crippen LogP contribution in [0, 0.1) is 0 Å². The summed E-state index contributed by atoms with van der Waals surface area (Å²) in [5.41, 5.74) is 3.25. The summed E-state index contributed by atoms with van der Waals surface area (Å²) in [4.78, 5) is 44.5. The number of ether oxygens (including phenoxy) is 1. The number of benzene rings is 1. The van der Waals surface area contributed by atoms with Gasteiger partial charge in [-0.3, -0.25) is 24.6 Å². The molecule has 2 aliphatic rings. The Bertz CT molecular complexity index is 1250. The van der Waals surface area contributed by atoms with Gasteiger partial charge in [-0.05, 0) is 49.6 Å². The standard InChI is InChI=1S/C30H37N7O3/c1-2-27-5-3-4-14-37(27)21-23-6-8-24(9-7-23)29(38)34-25-10-11-28(33-20-25)40-30(39)36-17-15-35(16-18-36)22-26-19-31-12-13-32-26/h6-13,19-20,27H,2-5,14-18,21-22H2,1H3,(H,34,38). The molecule has 2 fully saturated rings. The monoisotopic (exact) mass is 543 g/mol. The molecule has 0 bridgehead atoms. The Morgan fingerprint density at radius 2 is 1.75 bits per heavy atom. The molecule has 0 spiro atoms. The minimum atomic E-state index is -0.432. The van der Waals surface area contributed by atoms with Gasteiger partial charge in [0.2, 0.25) is 5.88 Å². The van der Waals surface area contributed by atoms with Crippen LogP contribution in [0.1, 0.15) is 54.2 Å². The van der Waals surface area contributed by atoms with Crippen LogP contribution in [0.25, 0.3) is 0 Å². The predicted octanol–water partition coefficient (Wildman–Crippen LogP) is 4.21. The van der Waals surface area contributed by atoms with Crippen molar-refractivity contribution in [1.29, 1.82) is 0 Å². The van der Waals surface area contributed by atoms with Gasteiger partial charge in [0.15, 0.2) is 0 Å². The molecule has 1 aromatic carbocycles. The molecule has 2 aliphatic heterocycles. The number of anilines is 1. The Morgan fingerprint density at radius 1 is 0.925 bits per heavy atom. The molecule has 1 N–H and O–H groups in total. The van der Waals surface area contributed by atoms with Crippen LogP contribution in [0.3, 0.4) is 0 Å². The second-order valence-corrected chi connectivity index (χ2v) is 10.4. The molecule has 1 unspecified atom stereocenters. The molecule has 40 heavy (non-hydrogen) atoms.